The first-order valence-electron chi connectivity index (χ1n) is 10.7. The van der Waals surface area contributed by atoms with Crippen LogP contribution >= 0.6 is 0 Å². The SMILES string of the molecule is C=CC(=O)Oc1ccc(OC(=O)C=C(C)c2ccc(OC(=O)C=C)cc2OC(=O)C=C)c(OC(=O)C=C)c1. The molecule has 0 spiro atoms. The molecule has 2 aromatic carbocycles. The molecule has 0 aliphatic rings. The summed E-state index contributed by atoms with van der Waals surface area (Å²) in [7, 11) is 0. The van der Waals surface area contributed by atoms with E-state index in [2.05, 4.69) is 26.3 Å². The molecule has 0 unspecified atom stereocenters. The van der Waals surface area contributed by atoms with Crippen molar-refractivity contribution in [3.8, 4) is 28.7 Å². The zero-order valence-corrected chi connectivity index (χ0v) is 20.3. The van der Waals surface area contributed by atoms with Gasteiger partial charge in [0.1, 0.15) is 17.2 Å². The first kappa shape index (κ1) is 28.7. The lowest BCUT2D eigenvalue weighted by molar-refractivity contribution is -0.131. The zero-order valence-electron chi connectivity index (χ0n) is 20.3. The summed E-state index contributed by atoms with van der Waals surface area (Å²) in [5.41, 5.74) is 0.588. The van der Waals surface area contributed by atoms with Gasteiger partial charge in [0, 0.05) is 48.1 Å². The van der Waals surface area contributed by atoms with Gasteiger partial charge < -0.3 is 23.7 Å². The molecule has 2 aromatic rings. The minimum Gasteiger partial charge on any atom is -0.423 e. The molecule has 0 N–H and O–H groups in total. The molecular formula is C28H22O10. The molecule has 0 aromatic heterocycles. The van der Waals surface area contributed by atoms with E-state index in [-0.39, 0.29) is 28.7 Å². The molecule has 0 radical (unpaired) electrons. The van der Waals surface area contributed by atoms with Crippen LogP contribution in [-0.2, 0) is 24.0 Å². The Balaban J connectivity index is 2.38. The molecule has 0 amide bonds. The molecule has 0 aliphatic carbocycles. The highest BCUT2D eigenvalue weighted by Crippen LogP contribution is 2.34. The number of carbonyl (C=O) groups is 5. The number of carbonyl (C=O) groups excluding carboxylic acids is 5. The fraction of sp³-hybridized carbons (Fsp3) is 0.0357. The van der Waals surface area contributed by atoms with E-state index in [1.54, 1.807) is 0 Å². The van der Waals surface area contributed by atoms with Gasteiger partial charge in [-0.1, -0.05) is 26.3 Å². The van der Waals surface area contributed by atoms with E-state index in [9.17, 15) is 24.0 Å². The summed E-state index contributed by atoms with van der Waals surface area (Å²) < 4.78 is 25.6. The van der Waals surface area contributed by atoms with Crippen molar-refractivity contribution in [2.24, 2.45) is 0 Å². The molecule has 0 bridgehead atoms. The number of rotatable bonds is 11. The Morgan fingerprint density at radius 3 is 1.50 bits per heavy atom. The lowest BCUT2D eigenvalue weighted by Crippen LogP contribution is -2.10. The fourth-order valence-electron chi connectivity index (χ4n) is 2.70. The number of esters is 5. The molecule has 0 fully saturated rings. The molecule has 38 heavy (non-hydrogen) atoms. The molecule has 10 nitrogen and oxygen atoms in total. The molecule has 0 aliphatic heterocycles. The van der Waals surface area contributed by atoms with E-state index < -0.39 is 29.8 Å². The van der Waals surface area contributed by atoms with Gasteiger partial charge in [-0.25, -0.2) is 24.0 Å². The van der Waals surface area contributed by atoms with Crippen LogP contribution in [0.1, 0.15) is 12.5 Å². The van der Waals surface area contributed by atoms with Crippen LogP contribution in [0.5, 0.6) is 28.7 Å². The Morgan fingerprint density at radius 2 is 0.974 bits per heavy atom. The highest BCUT2D eigenvalue weighted by molar-refractivity contribution is 5.94. The molecule has 0 atom stereocenters. The number of allylic oxidation sites excluding steroid dienone is 1. The van der Waals surface area contributed by atoms with Gasteiger partial charge in [0.05, 0.1) is 0 Å². The van der Waals surface area contributed by atoms with Crippen molar-refractivity contribution in [2.45, 2.75) is 6.92 Å². The standard InChI is InChI=1S/C28H22O10/c1-6-24(29)34-18-10-12-20(22(15-18)37-26(31)8-3)17(5)14-28(33)36-21-13-11-19(35-25(30)7-2)16-23(21)38-27(32)9-4/h6-16H,1-4H2,5H3. The molecule has 2 rings (SSSR count). The Kier molecular flexibility index (Phi) is 10.2. The number of hydrogen-bond donors (Lipinski definition) is 0. The summed E-state index contributed by atoms with van der Waals surface area (Å²) in [6.07, 6.45) is 4.80. The Hall–Kier alpha value is -5.51. The summed E-state index contributed by atoms with van der Waals surface area (Å²) in [5, 5.41) is 0. The van der Waals surface area contributed by atoms with Gasteiger partial charge in [-0.05, 0) is 36.8 Å². The van der Waals surface area contributed by atoms with Crippen molar-refractivity contribution in [3.63, 3.8) is 0 Å². The average Bonchev–Trinajstić information content (AvgIpc) is 2.89. The van der Waals surface area contributed by atoms with Gasteiger partial charge in [0.2, 0.25) is 0 Å². The van der Waals surface area contributed by atoms with Crippen LogP contribution in [0.3, 0.4) is 0 Å². The second kappa shape index (κ2) is 13.5. The summed E-state index contributed by atoms with van der Waals surface area (Å²) in [5.74, 6) is -4.38. The third-order valence-corrected chi connectivity index (χ3v) is 4.36. The summed E-state index contributed by atoms with van der Waals surface area (Å²) in [4.78, 5) is 59.2. The lowest BCUT2D eigenvalue weighted by Gasteiger charge is -2.12. The van der Waals surface area contributed by atoms with Gasteiger partial charge in [-0.2, -0.15) is 0 Å². The maximum atomic E-state index is 12.7. The second-order valence-corrected chi connectivity index (χ2v) is 7.02. The van der Waals surface area contributed by atoms with Crippen LogP contribution in [-0.4, -0.2) is 29.8 Å². The highest BCUT2D eigenvalue weighted by atomic mass is 16.6. The smallest absolute Gasteiger partial charge is 0.336 e. The van der Waals surface area contributed by atoms with Gasteiger partial charge >= 0.3 is 29.8 Å². The maximum Gasteiger partial charge on any atom is 0.336 e. The zero-order chi connectivity index (χ0) is 28.2. The van der Waals surface area contributed by atoms with Gasteiger partial charge in [0.25, 0.3) is 0 Å². The van der Waals surface area contributed by atoms with Crippen molar-refractivity contribution >= 4 is 35.4 Å². The minimum atomic E-state index is -0.891. The van der Waals surface area contributed by atoms with Gasteiger partial charge in [-0.15, -0.1) is 0 Å². The van der Waals surface area contributed by atoms with Crippen LogP contribution in [0.2, 0.25) is 0 Å². The molecule has 0 saturated carbocycles. The van der Waals surface area contributed by atoms with E-state index in [1.807, 2.05) is 0 Å². The summed E-state index contributed by atoms with van der Waals surface area (Å²) >= 11 is 0. The van der Waals surface area contributed by atoms with Crippen molar-refractivity contribution < 1.29 is 47.7 Å². The maximum absolute atomic E-state index is 12.7. The third kappa shape index (κ3) is 8.31. The Labute approximate surface area is 217 Å². The van der Waals surface area contributed by atoms with E-state index in [1.165, 1.54) is 37.3 Å². The van der Waals surface area contributed by atoms with E-state index in [4.69, 9.17) is 23.7 Å². The highest BCUT2D eigenvalue weighted by Gasteiger charge is 2.17. The van der Waals surface area contributed by atoms with E-state index in [0.717, 1.165) is 36.4 Å². The van der Waals surface area contributed by atoms with Gasteiger partial charge in [0.15, 0.2) is 11.5 Å². The largest absolute Gasteiger partial charge is 0.423 e. The van der Waals surface area contributed by atoms with E-state index >= 15 is 0 Å². The number of benzene rings is 2. The lowest BCUT2D eigenvalue weighted by atomic mass is 10.1. The van der Waals surface area contributed by atoms with Crippen LogP contribution < -0.4 is 23.7 Å². The average molecular weight is 518 g/mol. The summed E-state index contributed by atoms with van der Waals surface area (Å²) in [6.45, 7) is 14.8. The molecule has 10 heteroatoms. The van der Waals surface area contributed by atoms with Gasteiger partial charge in [-0.3, -0.25) is 0 Å². The predicted octanol–water partition coefficient (Wildman–Crippen LogP) is 4.06. The second-order valence-electron chi connectivity index (χ2n) is 7.02. The Bertz CT molecular complexity index is 1360. The van der Waals surface area contributed by atoms with Crippen molar-refractivity contribution in [2.75, 3.05) is 0 Å². The molecular weight excluding hydrogens is 496 g/mol. The minimum absolute atomic E-state index is 0.000736. The summed E-state index contributed by atoms with van der Waals surface area (Å²) in [6, 6.07) is 7.87. The fourth-order valence-corrected chi connectivity index (χ4v) is 2.70. The molecule has 0 saturated heterocycles. The Morgan fingerprint density at radius 1 is 0.553 bits per heavy atom. The van der Waals surface area contributed by atoms with Crippen LogP contribution in [0.15, 0.2) is 93.1 Å². The van der Waals surface area contributed by atoms with Crippen molar-refractivity contribution in [1.29, 1.82) is 0 Å². The number of hydrogen-bond acceptors (Lipinski definition) is 10. The molecule has 0 heterocycles. The first-order chi connectivity index (χ1) is 18.1. The van der Waals surface area contributed by atoms with E-state index in [0.29, 0.717) is 11.1 Å². The van der Waals surface area contributed by atoms with Crippen LogP contribution in [0, 0.1) is 0 Å². The monoisotopic (exact) mass is 518 g/mol. The number of ether oxygens (including phenoxy) is 5. The first-order valence-corrected chi connectivity index (χ1v) is 10.7. The van der Waals surface area contributed by atoms with Crippen LogP contribution in [0.4, 0.5) is 0 Å². The van der Waals surface area contributed by atoms with Crippen molar-refractivity contribution in [3.05, 3.63) is 98.7 Å². The normalized spacial score (nSPS) is 10.3. The van der Waals surface area contributed by atoms with Crippen molar-refractivity contribution in [1.82, 2.24) is 0 Å². The predicted molar refractivity (Wildman–Crippen MR) is 135 cm³/mol. The topological polar surface area (TPSA) is 132 Å². The molecule has 194 valence electrons. The quantitative estimate of drug-likeness (QED) is 0.244. The third-order valence-electron chi connectivity index (χ3n) is 4.36. The van der Waals surface area contributed by atoms with Crippen LogP contribution in [0.25, 0.3) is 5.57 Å².